The van der Waals surface area contributed by atoms with Gasteiger partial charge in [-0.05, 0) is 37.0 Å². The van der Waals surface area contributed by atoms with Crippen molar-refractivity contribution in [1.82, 2.24) is 5.32 Å². The molecule has 2 nitrogen and oxygen atoms in total. The first-order valence-electron chi connectivity index (χ1n) is 6.79. The average Bonchev–Trinajstić information content (AvgIpc) is 2.38. The van der Waals surface area contributed by atoms with E-state index in [2.05, 4.69) is 28.2 Å². The van der Waals surface area contributed by atoms with Crippen molar-refractivity contribution in [3.05, 3.63) is 33.8 Å². The van der Waals surface area contributed by atoms with Crippen molar-refractivity contribution in [3.63, 3.8) is 0 Å². The van der Waals surface area contributed by atoms with Crippen LogP contribution in [0.4, 0.5) is 0 Å². The highest BCUT2D eigenvalue weighted by Gasteiger charge is 2.35. The normalized spacial score (nSPS) is 26.3. The van der Waals surface area contributed by atoms with Crippen LogP contribution >= 0.6 is 39.1 Å². The minimum absolute atomic E-state index is 0.125. The Morgan fingerprint density at radius 1 is 1.50 bits per heavy atom. The van der Waals surface area contributed by atoms with E-state index in [4.69, 9.17) is 23.2 Å². The Hall–Kier alpha value is -0.250. The number of carbonyl (C=O) groups excluding carboxylic acids is 1. The van der Waals surface area contributed by atoms with Gasteiger partial charge >= 0.3 is 0 Å². The lowest BCUT2D eigenvalue weighted by Crippen LogP contribution is -2.52. The molecule has 0 heterocycles. The summed E-state index contributed by atoms with van der Waals surface area (Å²) in [5, 5.41) is 4.87. The number of alkyl halides is 1. The fourth-order valence-electron chi connectivity index (χ4n) is 2.91. The van der Waals surface area contributed by atoms with Crippen LogP contribution in [0.25, 0.3) is 0 Å². The van der Waals surface area contributed by atoms with E-state index in [-0.39, 0.29) is 11.4 Å². The van der Waals surface area contributed by atoms with Gasteiger partial charge in [-0.3, -0.25) is 4.79 Å². The lowest BCUT2D eigenvalue weighted by molar-refractivity contribution is 0.0869. The highest BCUT2D eigenvalue weighted by Crippen LogP contribution is 2.34. The van der Waals surface area contributed by atoms with Crippen LogP contribution in [-0.2, 0) is 0 Å². The Bertz CT molecular complexity index is 509. The molecule has 0 bridgehead atoms. The van der Waals surface area contributed by atoms with E-state index in [1.807, 2.05) is 0 Å². The average molecular weight is 379 g/mol. The number of hydrogen-bond acceptors (Lipinski definition) is 1. The maximum Gasteiger partial charge on any atom is 0.253 e. The highest BCUT2D eigenvalue weighted by molar-refractivity contribution is 9.09. The summed E-state index contributed by atoms with van der Waals surface area (Å²) >= 11 is 15.5. The summed E-state index contributed by atoms with van der Waals surface area (Å²) < 4.78 is 0. The Kier molecular flexibility index (Phi) is 5.38. The number of amides is 1. The number of benzene rings is 1. The van der Waals surface area contributed by atoms with Crippen molar-refractivity contribution in [3.8, 4) is 0 Å². The molecule has 0 spiro atoms. The van der Waals surface area contributed by atoms with Crippen molar-refractivity contribution in [1.29, 1.82) is 0 Å². The second-order valence-corrected chi connectivity index (χ2v) is 7.10. The SMILES string of the molecule is CC1CCCC(CBr)(NC(=O)c2ccc(Cl)cc2Cl)C1. The van der Waals surface area contributed by atoms with E-state index in [9.17, 15) is 4.79 Å². The number of rotatable bonds is 3. The monoisotopic (exact) mass is 377 g/mol. The summed E-state index contributed by atoms with van der Waals surface area (Å²) in [5.41, 5.74) is 0.312. The lowest BCUT2D eigenvalue weighted by Gasteiger charge is -2.39. The fourth-order valence-corrected chi connectivity index (χ4v) is 4.05. The van der Waals surface area contributed by atoms with Crippen molar-refractivity contribution >= 4 is 45.0 Å². The van der Waals surface area contributed by atoms with E-state index in [1.165, 1.54) is 6.42 Å². The van der Waals surface area contributed by atoms with Gasteiger partial charge in [0.25, 0.3) is 5.91 Å². The van der Waals surface area contributed by atoms with Crippen molar-refractivity contribution in [2.45, 2.75) is 38.1 Å². The summed E-state index contributed by atoms with van der Waals surface area (Å²) in [7, 11) is 0. The molecule has 1 saturated carbocycles. The maximum atomic E-state index is 12.5. The molecule has 1 aliphatic carbocycles. The summed E-state index contributed by atoms with van der Waals surface area (Å²) in [6.45, 7) is 2.23. The standard InChI is InChI=1S/C15H18BrCl2NO/c1-10-3-2-6-15(8-10,9-16)19-14(20)12-5-4-11(17)7-13(12)18/h4-5,7,10H,2-3,6,8-9H2,1H3,(H,19,20). The van der Waals surface area contributed by atoms with Gasteiger partial charge in [0, 0.05) is 10.4 Å². The van der Waals surface area contributed by atoms with Gasteiger partial charge in [0.15, 0.2) is 0 Å². The maximum absolute atomic E-state index is 12.5. The highest BCUT2D eigenvalue weighted by atomic mass is 79.9. The van der Waals surface area contributed by atoms with Crippen molar-refractivity contribution < 1.29 is 4.79 Å². The minimum Gasteiger partial charge on any atom is -0.346 e. The van der Waals surface area contributed by atoms with E-state index < -0.39 is 0 Å². The molecule has 1 aromatic carbocycles. The zero-order valence-corrected chi connectivity index (χ0v) is 14.5. The van der Waals surface area contributed by atoms with Crippen LogP contribution in [0.2, 0.25) is 10.0 Å². The minimum atomic E-state index is -0.169. The quantitative estimate of drug-likeness (QED) is 0.731. The molecule has 2 unspecified atom stereocenters. The van der Waals surface area contributed by atoms with Gasteiger partial charge in [-0.15, -0.1) is 0 Å². The second kappa shape index (κ2) is 6.67. The number of nitrogens with one attached hydrogen (secondary N) is 1. The van der Waals surface area contributed by atoms with Gasteiger partial charge in [0.1, 0.15) is 0 Å². The lowest BCUT2D eigenvalue weighted by atomic mass is 9.77. The zero-order chi connectivity index (χ0) is 14.8. The van der Waals surface area contributed by atoms with Crippen LogP contribution in [-0.4, -0.2) is 16.8 Å². The van der Waals surface area contributed by atoms with Gasteiger partial charge in [0.05, 0.1) is 16.1 Å². The molecule has 2 atom stereocenters. The molecule has 0 aliphatic heterocycles. The van der Waals surface area contributed by atoms with Crippen LogP contribution in [0.5, 0.6) is 0 Å². The molecule has 20 heavy (non-hydrogen) atoms. The van der Waals surface area contributed by atoms with Crippen LogP contribution in [0.3, 0.4) is 0 Å². The molecule has 5 heteroatoms. The summed E-state index contributed by atoms with van der Waals surface area (Å²) in [6, 6.07) is 4.96. The van der Waals surface area contributed by atoms with Gasteiger partial charge in [0.2, 0.25) is 0 Å². The molecule has 1 N–H and O–H groups in total. The number of carbonyl (C=O) groups is 1. The third kappa shape index (κ3) is 3.69. The molecule has 110 valence electrons. The zero-order valence-electron chi connectivity index (χ0n) is 11.4. The predicted octanol–water partition coefficient (Wildman–Crippen LogP) is 5.07. The Morgan fingerprint density at radius 3 is 2.85 bits per heavy atom. The molecule has 0 radical (unpaired) electrons. The van der Waals surface area contributed by atoms with Gasteiger partial charge in [-0.2, -0.15) is 0 Å². The first-order valence-corrected chi connectivity index (χ1v) is 8.67. The summed E-state index contributed by atoms with van der Waals surface area (Å²) in [6.07, 6.45) is 4.36. The molecule has 1 fully saturated rings. The van der Waals surface area contributed by atoms with E-state index in [0.29, 0.717) is 21.5 Å². The number of hydrogen-bond donors (Lipinski definition) is 1. The van der Waals surface area contributed by atoms with Gasteiger partial charge < -0.3 is 5.32 Å². The Labute approximate surface area is 138 Å². The fraction of sp³-hybridized carbons (Fsp3) is 0.533. The predicted molar refractivity (Wildman–Crippen MR) is 88.1 cm³/mol. The molecular formula is C15H18BrCl2NO. The van der Waals surface area contributed by atoms with Crippen LogP contribution < -0.4 is 5.32 Å². The Balaban J connectivity index is 2.16. The van der Waals surface area contributed by atoms with Gasteiger partial charge in [-0.1, -0.05) is 58.9 Å². The van der Waals surface area contributed by atoms with Crippen molar-refractivity contribution in [2.24, 2.45) is 5.92 Å². The van der Waals surface area contributed by atoms with E-state index in [0.717, 1.165) is 24.6 Å². The first kappa shape index (κ1) is 16.1. The second-order valence-electron chi connectivity index (χ2n) is 5.69. The van der Waals surface area contributed by atoms with E-state index >= 15 is 0 Å². The molecule has 0 aromatic heterocycles. The molecule has 1 aliphatic rings. The third-order valence-electron chi connectivity index (χ3n) is 3.90. The molecule has 2 rings (SSSR count). The molecule has 0 saturated heterocycles. The van der Waals surface area contributed by atoms with Crippen molar-refractivity contribution in [2.75, 3.05) is 5.33 Å². The summed E-state index contributed by atoms with van der Waals surface area (Å²) in [4.78, 5) is 12.5. The third-order valence-corrected chi connectivity index (χ3v) is 5.52. The van der Waals surface area contributed by atoms with Crippen LogP contribution in [0.15, 0.2) is 18.2 Å². The molecule has 1 aromatic rings. The Morgan fingerprint density at radius 2 is 2.25 bits per heavy atom. The van der Waals surface area contributed by atoms with Crippen LogP contribution in [0.1, 0.15) is 43.0 Å². The van der Waals surface area contributed by atoms with Crippen LogP contribution in [0, 0.1) is 5.92 Å². The smallest absolute Gasteiger partial charge is 0.253 e. The van der Waals surface area contributed by atoms with Gasteiger partial charge in [-0.25, -0.2) is 0 Å². The van der Waals surface area contributed by atoms with E-state index in [1.54, 1.807) is 18.2 Å². The number of halogens is 3. The summed E-state index contributed by atoms with van der Waals surface area (Å²) in [5.74, 6) is 0.502. The largest absolute Gasteiger partial charge is 0.346 e. The molecule has 1 amide bonds. The molecular weight excluding hydrogens is 361 g/mol. The first-order chi connectivity index (χ1) is 9.46. The topological polar surface area (TPSA) is 29.1 Å².